The van der Waals surface area contributed by atoms with Gasteiger partial charge in [0.2, 0.25) is 10.0 Å². The zero-order valence-corrected chi connectivity index (χ0v) is 15.5. The molecule has 2 heterocycles. The molecule has 140 valence electrons. The molecular weight excluding hydrogens is 356 g/mol. The number of carbonyl (C=O) groups excluding carboxylic acids is 1. The van der Waals surface area contributed by atoms with Crippen molar-refractivity contribution in [2.75, 3.05) is 32.9 Å². The second kappa shape index (κ2) is 7.22. The number of furan rings is 1. The third-order valence-electron chi connectivity index (χ3n) is 4.61. The smallest absolute Gasteiger partial charge is 0.253 e. The summed E-state index contributed by atoms with van der Waals surface area (Å²) in [6, 6.07) is 10.6. The van der Waals surface area contributed by atoms with E-state index in [1.54, 1.807) is 36.6 Å². The molecule has 8 heteroatoms. The van der Waals surface area contributed by atoms with Gasteiger partial charge in [0, 0.05) is 44.2 Å². The van der Waals surface area contributed by atoms with Gasteiger partial charge in [-0.05, 0) is 24.3 Å². The largest absolute Gasteiger partial charge is 0.464 e. The van der Waals surface area contributed by atoms with Crippen molar-refractivity contribution in [1.82, 2.24) is 9.21 Å². The Balaban J connectivity index is 1.69. The van der Waals surface area contributed by atoms with Crippen LogP contribution < -0.4 is 0 Å². The molecule has 0 unspecified atom stereocenters. The van der Waals surface area contributed by atoms with Crippen molar-refractivity contribution in [3.63, 3.8) is 0 Å². The summed E-state index contributed by atoms with van der Waals surface area (Å²) in [6.45, 7) is 0.347. The fourth-order valence-electron chi connectivity index (χ4n) is 3.01. The molecule has 1 aromatic carbocycles. The number of hydrogen-bond acceptors (Lipinski definition) is 5. The maximum Gasteiger partial charge on any atom is 0.253 e. The third kappa shape index (κ3) is 3.82. The van der Waals surface area contributed by atoms with Crippen molar-refractivity contribution in [1.29, 1.82) is 0 Å². The molecule has 1 N–H and O–H groups in total. The summed E-state index contributed by atoms with van der Waals surface area (Å²) in [6.07, 6.45) is 0.734. The molecule has 2 aromatic rings. The van der Waals surface area contributed by atoms with Crippen LogP contribution in [0.3, 0.4) is 0 Å². The monoisotopic (exact) mass is 378 g/mol. The quantitative estimate of drug-likeness (QED) is 0.846. The maximum atomic E-state index is 12.7. The lowest BCUT2D eigenvalue weighted by Crippen LogP contribution is -2.33. The van der Waals surface area contributed by atoms with E-state index in [0.717, 1.165) is 15.6 Å². The van der Waals surface area contributed by atoms with Crippen LogP contribution in [0.5, 0.6) is 0 Å². The van der Waals surface area contributed by atoms with Crippen molar-refractivity contribution in [3.8, 4) is 11.3 Å². The van der Waals surface area contributed by atoms with Gasteiger partial charge in [-0.25, -0.2) is 12.7 Å². The molecule has 7 nitrogen and oxygen atoms in total. The summed E-state index contributed by atoms with van der Waals surface area (Å²) >= 11 is 0. The van der Waals surface area contributed by atoms with Gasteiger partial charge in [0.05, 0.1) is 18.1 Å². The fraction of sp³-hybridized carbons (Fsp3) is 0.389. The summed E-state index contributed by atoms with van der Waals surface area (Å²) in [7, 11) is -0.517. The van der Waals surface area contributed by atoms with E-state index in [0.29, 0.717) is 5.56 Å². The Hall–Kier alpha value is -2.16. The Kier molecular flexibility index (Phi) is 5.17. The van der Waals surface area contributed by atoms with Gasteiger partial charge in [-0.3, -0.25) is 4.79 Å². The van der Waals surface area contributed by atoms with Crippen molar-refractivity contribution in [2.24, 2.45) is 5.92 Å². The van der Waals surface area contributed by atoms with Gasteiger partial charge >= 0.3 is 0 Å². The van der Waals surface area contributed by atoms with Crippen molar-refractivity contribution in [3.05, 3.63) is 48.2 Å². The Labute approximate surface area is 152 Å². The first-order chi connectivity index (χ1) is 12.3. The minimum absolute atomic E-state index is 0.131. The van der Waals surface area contributed by atoms with Gasteiger partial charge in [-0.1, -0.05) is 12.1 Å². The molecular formula is C18H22N2O5S. The third-order valence-corrected chi connectivity index (χ3v) is 6.57. The number of rotatable bonds is 5. The van der Waals surface area contributed by atoms with E-state index in [-0.39, 0.29) is 24.7 Å². The number of likely N-dealkylation sites (tertiary alicyclic amines) is 1. The predicted molar refractivity (Wildman–Crippen MR) is 97.0 cm³/mol. The zero-order valence-electron chi connectivity index (χ0n) is 14.7. The Morgan fingerprint density at radius 2 is 1.92 bits per heavy atom. The van der Waals surface area contributed by atoms with Crippen molar-refractivity contribution < 1.29 is 22.7 Å². The normalized spacial score (nSPS) is 20.7. The number of aliphatic hydroxyl groups excluding tert-OH is 1. The minimum Gasteiger partial charge on any atom is -0.464 e. The summed E-state index contributed by atoms with van der Waals surface area (Å²) < 4.78 is 30.5. The summed E-state index contributed by atoms with van der Waals surface area (Å²) in [5.41, 5.74) is 1.35. The number of β-amino-alcohol motifs (C(OH)–C–C–N with tert-alkyl or cyclic N) is 1. The molecule has 1 saturated heterocycles. The molecule has 0 spiro atoms. The van der Waals surface area contributed by atoms with E-state index in [1.165, 1.54) is 19.0 Å². The fourth-order valence-corrected chi connectivity index (χ4v) is 4.17. The van der Waals surface area contributed by atoms with Gasteiger partial charge in [0.25, 0.3) is 5.91 Å². The number of benzene rings is 1. The van der Waals surface area contributed by atoms with Gasteiger partial charge in [0.1, 0.15) is 5.76 Å². The molecule has 0 saturated carbocycles. The first kappa shape index (κ1) is 18.6. The molecule has 0 bridgehead atoms. The average Bonchev–Trinajstić information content (AvgIpc) is 3.25. The van der Waals surface area contributed by atoms with Crippen LogP contribution in [0.4, 0.5) is 0 Å². The number of nitrogens with zero attached hydrogens (tertiary/aromatic N) is 2. The van der Waals surface area contributed by atoms with E-state index in [2.05, 4.69) is 0 Å². The number of sulfonamides is 1. The van der Waals surface area contributed by atoms with Gasteiger partial charge in [-0.15, -0.1) is 0 Å². The van der Waals surface area contributed by atoms with E-state index in [9.17, 15) is 18.3 Å². The number of hydrogen-bond donors (Lipinski definition) is 1. The number of amides is 1. The van der Waals surface area contributed by atoms with Crippen LogP contribution in [0.15, 0.2) is 47.1 Å². The van der Waals surface area contributed by atoms with Crippen LogP contribution in [-0.2, 0) is 10.0 Å². The van der Waals surface area contributed by atoms with E-state index in [4.69, 9.17) is 4.42 Å². The standard InChI is InChI=1S/C18H22N2O5S/c1-19(2)26(23,24)12-15-10-20(11-16(15)21)18(22)14-7-5-13(6-8-14)17-4-3-9-25-17/h3-9,15-16,21H,10-12H2,1-2H3/t15-,16+/m0/s1. The Morgan fingerprint density at radius 3 is 2.50 bits per heavy atom. The number of aliphatic hydroxyl groups is 1. The summed E-state index contributed by atoms with van der Waals surface area (Å²) in [5.74, 6) is -0.175. The Morgan fingerprint density at radius 1 is 1.23 bits per heavy atom. The zero-order chi connectivity index (χ0) is 18.9. The SMILES string of the molecule is CN(C)S(=O)(=O)C[C@@H]1CN(C(=O)c2ccc(-c3ccco3)cc2)C[C@H]1O. The van der Waals surface area contributed by atoms with Gasteiger partial charge in [-0.2, -0.15) is 0 Å². The summed E-state index contributed by atoms with van der Waals surface area (Å²) in [5, 5.41) is 10.2. The second-order valence-corrected chi connectivity index (χ2v) is 8.88. The van der Waals surface area contributed by atoms with Crippen LogP contribution in [0, 0.1) is 5.92 Å². The lowest BCUT2D eigenvalue weighted by molar-refractivity contribution is 0.0764. The molecule has 1 amide bonds. The molecule has 26 heavy (non-hydrogen) atoms. The van der Waals surface area contributed by atoms with E-state index < -0.39 is 22.0 Å². The lowest BCUT2D eigenvalue weighted by Gasteiger charge is -2.18. The predicted octanol–water partition coefficient (Wildman–Crippen LogP) is 1.27. The molecule has 3 rings (SSSR count). The molecule has 0 radical (unpaired) electrons. The maximum absolute atomic E-state index is 12.7. The molecule has 1 aliphatic heterocycles. The van der Waals surface area contributed by atoms with Crippen LogP contribution in [0.1, 0.15) is 10.4 Å². The highest BCUT2D eigenvalue weighted by molar-refractivity contribution is 7.89. The second-order valence-electron chi connectivity index (χ2n) is 6.65. The highest BCUT2D eigenvalue weighted by Crippen LogP contribution is 2.24. The van der Waals surface area contributed by atoms with E-state index in [1.807, 2.05) is 6.07 Å². The van der Waals surface area contributed by atoms with Gasteiger partial charge < -0.3 is 14.4 Å². The Bertz CT molecular complexity index is 859. The van der Waals surface area contributed by atoms with Crippen molar-refractivity contribution in [2.45, 2.75) is 6.10 Å². The minimum atomic E-state index is -3.43. The van der Waals surface area contributed by atoms with Gasteiger partial charge in [0.15, 0.2) is 0 Å². The summed E-state index contributed by atoms with van der Waals surface area (Å²) in [4.78, 5) is 14.2. The topological polar surface area (TPSA) is 91.1 Å². The average molecular weight is 378 g/mol. The van der Waals surface area contributed by atoms with Crippen LogP contribution in [0.25, 0.3) is 11.3 Å². The highest BCUT2D eigenvalue weighted by atomic mass is 32.2. The molecule has 2 atom stereocenters. The number of carbonyl (C=O) groups is 1. The van der Waals surface area contributed by atoms with Crippen LogP contribution in [-0.4, -0.2) is 67.7 Å². The lowest BCUT2D eigenvalue weighted by atomic mass is 10.1. The molecule has 0 aliphatic carbocycles. The van der Waals surface area contributed by atoms with Crippen molar-refractivity contribution >= 4 is 15.9 Å². The van der Waals surface area contributed by atoms with E-state index >= 15 is 0 Å². The molecule has 1 fully saturated rings. The molecule has 1 aromatic heterocycles. The first-order valence-electron chi connectivity index (χ1n) is 8.29. The van der Waals surface area contributed by atoms with Crippen LogP contribution >= 0.6 is 0 Å². The van der Waals surface area contributed by atoms with Crippen LogP contribution in [0.2, 0.25) is 0 Å². The molecule has 1 aliphatic rings. The highest BCUT2D eigenvalue weighted by Gasteiger charge is 2.37. The first-order valence-corrected chi connectivity index (χ1v) is 9.90.